The van der Waals surface area contributed by atoms with Crippen molar-refractivity contribution in [3.8, 4) is 0 Å². The van der Waals surface area contributed by atoms with Crippen LogP contribution >= 0.6 is 0 Å². The summed E-state index contributed by atoms with van der Waals surface area (Å²) < 4.78 is 5.75. The van der Waals surface area contributed by atoms with Crippen LogP contribution in [0.4, 0.5) is 0 Å². The minimum atomic E-state index is -0.511. The van der Waals surface area contributed by atoms with Gasteiger partial charge in [-0.15, -0.1) is 6.58 Å². The largest absolute Gasteiger partial charge is 0.481 e. The second-order valence-electron chi connectivity index (χ2n) is 13.6. The normalized spacial score (nSPS) is 50.2. The van der Waals surface area contributed by atoms with Crippen LogP contribution < -0.4 is 0 Å². The molecule has 5 rings (SSSR count). The first-order valence-corrected chi connectivity index (χ1v) is 14.4. The lowest BCUT2D eigenvalue weighted by Crippen LogP contribution is -2.65. The number of carboxylic acids is 1. The van der Waals surface area contributed by atoms with Crippen LogP contribution in [0.5, 0.6) is 0 Å². The Morgan fingerprint density at radius 1 is 0.886 bits per heavy atom. The highest BCUT2D eigenvalue weighted by Crippen LogP contribution is 2.76. The molecule has 9 unspecified atom stereocenters. The summed E-state index contributed by atoms with van der Waals surface area (Å²) in [7, 11) is 0. The van der Waals surface area contributed by atoms with Crippen LogP contribution in [0.1, 0.15) is 112 Å². The van der Waals surface area contributed by atoms with Gasteiger partial charge in [-0.05, 0) is 117 Å². The van der Waals surface area contributed by atoms with E-state index in [2.05, 4.69) is 34.3 Å². The summed E-state index contributed by atoms with van der Waals surface area (Å²) in [6.07, 6.45) is 14.0. The molecule has 4 nitrogen and oxygen atoms in total. The molecular formula is C31H50O4. The Balaban J connectivity index is 0.000000917. The number of hydrogen-bond donors (Lipinski definition) is 1. The van der Waals surface area contributed by atoms with Gasteiger partial charge in [-0.25, -0.2) is 0 Å². The summed E-state index contributed by atoms with van der Waals surface area (Å²) >= 11 is 0. The van der Waals surface area contributed by atoms with Crippen molar-refractivity contribution in [1.82, 2.24) is 0 Å². The van der Waals surface area contributed by atoms with E-state index in [1.807, 2.05) is 6.92 Å². The smallest absolute Gasteiger partial charge is 0.309 e. The molecule has 0 amide bonds. The Bertz CT molecular complexity index is 851. The monoisotopic (exact) mass is 486 g/mol. The molecule has 198 valence electrons. The second kappa shape index (κ2) is 9.21. The molecule has 5 aliphatic rings. The number of carbonyl (C=O) groups is 2. The SMILES string of the molecule is C=CC.CC(=O)OC1CCC2(C)C(CCC3(C)C2CCC2C4CCCC4(C(=O)O)CC[C@]23C)C1C. The maximum absolute atomic E-state index is 12.4. The van der Waals surface area contributed by atoms with E-state index in [0.29, 0.717) is 35.0 Å². The molecule has 0 aliphatic heterocycles. The van der Waals surface area contributed by atoms with Crippen LogP contribution in [0.2, 0.25) is 0 Å². The standard InChI is InChI=1S/C28H44O4.C3H6/c1-17-19-10-14-27(5)23(25(19,3)13-11-22(17)32-18(2)29)9-8-20-21-7-6-12-28(21,24(30)31)16-15-26(20,27)4;1-3-2/h17,19-23H,6-16H2,1-5H3,(H,30,31);3H,1H2,2H3/t17?,19?,20?,21?,22?,23?,25?,26-,27?,28?;/m1./s1. The fourth-order valence-electron chi connectivity index (χ4n) is 10.9. The van der Waals surface area contributed by atoms with Gasteiger partial charge in [-0.1, -0.05) is 40.2 Å². The van der Waals surface area contributed by atoms with E-state index in [1.165, 1.54) is 25.7 Å². The molecule has 5 fully saturated rings. The van der Waals surface area contributed by atoms with Crippen molar-refractivity contribution in [3.05, 3.63) is 12.7 Å². The fraction of sp³-hybridized carbons (Fsp3) is 0.871. The van der Waals surface area contributed by atoms with Gasteiger partial charge >= 0.3 is 11.9 Å². The molecule has 0 saturated heterocycles. The summed E-state index contributed by atoms with van der Waals surface area (Å²) in [5.74, 6) is 2.02. The van der Waals surface area contributed by atoms with E-state index in [4.69, 9.17) is 4.74 Å². The lowest BCUT2D eigenvalue weighted by atomic mass is 9.33. The lowest BCUT2D eigenvalue weighted by Gasteiger charge is -2.71. The minimum Gasteiger partial charge on any atom is -0.481 e. The van der Waals surface area contributed by atoms with E-state index in [9.17, 15) is 14.7 Å². The van der Waals surface area contributed by atoms with E-state index < -0.39 is 11.4 Å². The summed E-state index contributed by atoms with van der Waals surface area (Å²) in [6, 6.07) is 0. The molecule has 0 radical (unpaired) electrons. The van der Waals surface area contributed by atoms with Gasteiger partial charge in [0.1, 0.15) is 6.10 Å². The first-order chi connectivity index (χ1) is 16.4. The van der Waals surface area contributed by atoms with Crippen LogP contribution in [0.15, 0.2) is 12.7 Å². The number of esters is 1. The van der Waals surface area contributed by atoms with Crippen molar-refractivity contribution in [2.24, 2.45) is 51.2 Å². The number of hydrogen-bond acceptors (Lipinski definition) is 3. The highest BCUT2D eigenvalue weighted by Gasteiger charge is 2.70. The molecule has 0 bridgehead atoms. The first-order valence-electron chi connectivity index (χ1n) is 14.4. The molecule has 5 saturated carbocycles. The van der Waals surface area contributed by atoms with Gasteiger partial charge in [-0.2, -0.15) is 0 Å². The Morgan fingerprint density at radius 2 is 1.57 bits per heavy atom. The maximum atomic E-state index is 12.4. The zero-order valence-electron chi connectivity index (χ0n) is 23.2. The Labute approximate surface area is 213 Å². The predicted octanol–water partition coefficient (Wildman–Crippen LogP) is 7.66. The molecular weight excluding hydrogens is 436 g/mol. The number of ether oxygens (including phenoxy) is 1. The zero-order valence-corrected chi connectivity index (χ0v) is 23.2. The molecule has 0 aromatic heterocycles. The van der Waals surface area contributed by atoms with Crippen molar-refractivity contribution in [3.63, 3.8) is 0 Å². The van der Waals surface area contributed by atoms with Crippen molar-refractivity contribution >= 4 is 11.9 Å². The van der Waals surface area contributed by atoms with E-state index in [1.54, 1.807) is 13.0 Å². The summed E-state index contributed by atoms with van der Waals surface area (Å²) in [6.45, 7) is 16.8. The third kappa shape index (κ3) is 3.74. The van der Waals surface area contributed by atoms with Crippen LogP contribution in [-0.2, 0) is 14.3 Å². The molecule has 5 aliphatic carbocycles. The average Bonchev–Trinajstić information content (AvgIpc) is 3.22. The van der Waals surface area contributed by atoms with Crippen LogP contribution in [0, 0.1) is 51.2 Å². The third-order valence-electron chi connectivity index (χ3n) is 12.6. The van der Waals surface area contributed by atoms with Gasteiger partial charge in [0.15, 0.2) is 0 Å². The first kappa shape index (κ1) is 26.7. The number of rotatable bonds is 2. The third-order valence-corrected chi connectivity index (χ3v) is 12.6. The van der Waals surface area contributed by atoms with Crippen LogP contribution in [-0.4, -0.2) is 23.1 Å². The molecule has 0 aromatic rings. The lowest BCUT2D eigenvalue weighted by molar-refractivity contribution is -0.235. The second-order valence-corrected chi connectivity index (χ2v) is 13.6. The van der Waals surface area contributed by atoms with Crippen molar-refractivity contribution < 1.29 is 19.4 Å². The maximum Gasteiger partial charge on any atom is 0.309 e. The highest BCUT2D eigenvalue weighted by molar-refractivity contribution is 5.76. The Kier molecular flexibility index (Phi) is 7.03. The van der Waals surface area contributed by atoms with Gasteiger partial charge in [-0.3, -0.25) is 9.59 Å². The van der Waals surface area contributed by atoms with Gasteiger partial charge in [0.05, 0.1) is 5.41 Å². The summed E-state index contributed by atoms with van der Waals surface area (Å²) in [4.78, 5) is 24.1. The number of allylic oxidation sites excluding steroid dienone is 1. The number of aliphatic carboxylic acids is 1. The highest BCUT2D eigenvalue weighted by atomic mass is 16.5. The molecule has 0 spiro atoms. The van der Waals surface area contributed by atoms with Crippen LogP contribution in [0.3, 0.4) is 0 Å². The molecule has 35 heavy (non-hydrogen) atoms. The fourth-order valence-corrected chi connectivity index (χ4v) is 10.9. The number of carbonyl (C=O) groups excluding carboxylic acids is 1. The van der Waals surface area contributed by atoms with Gasteiger partial charge in [0.25, 0.3) is 0 Å². The number of carboxylic acid groups (broad SMARTS) is 1. The van der Waals surface area contributed by atoms with Gasteiger partial charge in [0, 0.05) is 6.92 Å². The van der Waals surface area contributed by atoms with Crippen molar-refractivity contribution in [2.45, 2.75) is 118 Å². The van der Waals surface area contributed by atoms with Crippen molar-refractivity contribution in [1.29, 1.82) is 0 Å². The van der Waals surface area contributed by atoms with Crippen LogP contribution in [0.25, 0.3) is 0 Å². The number of fused-ring (bicyclic) bond motifs is 7. The molecule has 0 heterocycles. The molecule has 4 heteroatoms. The quantitative estimate of drug-likeness (QED) is 0.321. The van der Waals surface area contributed by atoms with E-state index in [-0.39, 0.29) is 22.9 Å². The average molecular weight is 487 g/mol. The molecule has 10 atom stereocenters. The van der Waals surface area contributed by atoms with Crippen molar-refractivity contribution in [2.75, 3.05) is 0 Å². The summed E-state index contributed by atoms with van der Waals surface area (Å²) in [5, 5.41) is 10.2. The summed E-state index contributed by atoms with van der Waals surface area (Å²) in [5.41, 5.74) is 0.384. The molecule has 1 N–H and O–H groups in total. The predicted molar refractivity (Wildman–Crippen MR) is 140 cm³/mol. The minimum absolute atomic E-state index is 0.0752. The van der Waals surface area contributed by atoms with E-state index in [0.717, 1.165) is 44.9 Å². The van der Waals surface area contributed by atoms with Gasteiger partial charge < -0.3 is 9.84 Å². The van der Waals surface area contributed by atoms with E-state index >= 15 is 0 Å². The Morgan fingerprint density at radius 3 is 2.20 bits per heavy atom. The Hall–Kier alpha value is -1.32. The molecule has 0 aromatic carbocycles. The van der Waals surface area contributed by atoms with Gasteiger partial charge in [0.2, 0.25) is 0 Å². The zero-order chi connectivity index (χ0) is 25.8. The topological polar surface area (TPSA) is 63.6 Å².